The molecule has 2 aromatic carbocycles. The number of benzene rings is 2. The lowest BCUT2D eigenvalue weighted by atomic mass is 10.1. The summed E-state index contributed by atoms with van der Waals surface area (Å²) in [5, 5.41) is 2.66. The highest BCUT2D eigenvalue weighted by Gasteiger charge is 2.30. The molecule has 0 bridgehead atoms. The molecule has 0 atom stereocenters. The van der Waals surface area contributed by atoms with Crippen LogP contribution in [-0.2, 0) is 17.4 Å². The zero-order valence-corrected chi connectivity index (χ0v) is 15.3. The van der Waals surface area contributed by atoms with Gasteiger partial charge in [-0.15, -0.1) is 0 Å². The van der Waals surface area contributed by atoms with Crippen molar-refractivity contribution in [3.8, 4) is 23.3 Å². The van der Waals surface area contributed by atoms with Crippen molar-refractivity contribution >= 4 is 5.91 Å². The van der Waals surface area contributed by atoms with Gasteiger partial charge in [0.2, 0.25) is 5.91 Å². The van der Waals surface area contributed by atoms with E-state index in [2.05, 4.69) is 17.2 Å². The summed E-state index contributed by atoms with van der Waals surface area (Å²) in [7, 11) is 1.59. The molecule has 148 valence electrons. The van der Waals surface area contributed by atoms with Crippen LogP contribution in [0.2, 0.25) is 0 Å². The van der Waals surface area contributed by atoms with Gasteiger partial charge in [0.1, 0.15) is 18.1 Å². The van der Waals surface area contributed by atoms with Crippen molar-refractivity contribution in [1.82, 2.24) is 5.32 Å². The summed E-state index contributed by atoms with van der Waals surface area (Å²) < 4.78 is 48.1. The summed E-state index contributed by atoms with van der Waals surface area (Å²) in [6, 6.07) is 12.1. The molecule has 0 unspecified atom stereocenters. The standard InChI is InChI=1S/C21H20F3NO3/c1-27-18-10-7-16(8-11-18)9-12-20(26)25-13-2-3-14-28-19-6-4-5-17(15-19)21(22,23)24/h4-8,10-11,15H,9,12-14H2,1H3,(H,25,26). The zero-order valence-electron chi connectivity index (χ0n) is 15.3. The Morgan fingerprint density at radius 3 is 2.50 bits per heavy atom. The van der Waals surface area contributed by atoms with E-state index in [0.717, 1.165) is 23.4 Å². The quantitative estimate of drug-likeness (QED) is 0.730. The lowest BCUT2D eigenvalue weighted by Gasteiger charge is -2.08. The summed E-state index contributed by atoms with van der Waals surface area (Å²) in [5.41, 5.74) is 0.249. The fourth-order valence-electron chi connectivity index (χ4n) is 2.28. The van der Waals surface area contributed by atoms with E-state index in [-0.39, 0.29) is 24.8 Å². The summed E-state index contributed by atoms with van der Waals surface area (Å²) in [6.45, 7) is 0.0798. The predicted octanol–water partition coefficient (Wildman–Crippen LogP) is 3.85. The Kier molecular flexibility index (Phi) is 7.76. The van der Waals surface area contributed by atoms with E-state index in [0.29, 0.717) is 12.8 Å². The van der Waals surface area contributed by atoms with Gasteiger partial charge in [0.25, 0.3) is 0 Å². The van der Waals surface area contributed by atoms with E-state index in [1.807, 2.05) is 24.3 Å². The minimum Gasteiger partial charge on any atom is -0.497 e. The fraction of sp³-hybridized carbons (Fsp3) is 0.286. The number of nitrogens with one attached hydrogen (secondary N) is 1. The molecule has 28 heavy (non-hydrogen) atoms. The van der Waals surface area contributed by atoms with Crippen LogP contribution in [0.3, 0.4) is 0 Å². The van der Waals surface area contributed by atoms with Crippen molar-refractivity contribution in [3.63, 3.8) is 0 Å². The predicted molar refractivity (Wildman–Crippen MR) is 99.0 cm³/mol. The van der Waals surface area contributed by atoms with Gasteiger partial charge in [-0.1, -0.05) is 30.0 Å². The van der Waals surface area contributed by atoms with Gasteiger partial charge in [-0.05, 0) is 42.3 Å². The maximum absolute atomic E-state index is 12.6. The van der Waals surface area contributed by atoms with Gasteiger partial charge in [0.15, 0.2) is 0 Å². The molecule has 0 saturated heterocycles. The molecule has 0 spiro atoms. The smallest absolute Gasteiger partial charge is 0.416 e. The highest BCUT2D eigenvalue weighted by molar-refractivity contribution is 5.76. The van der Waals surface area contributed by atoms with Crippen LogP contribution >= 0.6 is 0 Å². The van der Waals surface area contributed by atoms with Crippen LogP contribution in [0, 0.1) is 11.8 Å². The van der Waals surface area contributed by atoms with Gasteiger partial charge in [0.05, 0.1) is 19.2 Å². The molecule has 0 heterocycles. The lowest BCUT2D eigenvalue weighted by molar-refractivity contribution is -0.137. The Labute approximate surface area is 161 Å². The number of ether oxygens (including phenoxy) is 2. The highest BCUT2D eigenvalue weighted by Crippen LogP contribution is 2.31. The number of hydrogen-bond donors (Lipinski definition) is 1. The molecule has 0 radical (unpaired) electrons. The highest BCUT2D eigenvalue weighted by atomic mass is 19.4. The second kappa shape index (κ2) is 10.3. The molecule has 0 aromatic heterocycles. The van der Waals surface area contributed by atoms with Crippen LogP contribution < -0.4 is 14.8 Å². The van der Waals surface area contributed by atoms with Crippen LogP contribution in [0.25, 0.3) is 0 Å². The molecule has 2 aromatic rings. The zero-order chi connectivity index (χ0) is 20.4. The topological polar surface area (TPSA) is 47.6 Å². The van der Waals surface area contributed by atoms with Gasteiger partial charge >= 0.3 is 6.18 Å². The van der Waals surface area contributed by atoms with E-state index in [1.54, 1.807) is 7.11 Å². The molecule has 0 aliphatic rings. The molecular formula is C21H20F3NO3. The summed E-state index contributed by atoms with van der Waals surface area (Å²) >= 11 is 0. The van der Waals surface area contributed by atoms with Crippen molar-refractivity contribution in [2.75, 3.05) is 20.3 Å². The normalized spacial score (nSPS) is 10.6. The number of carbonyl (C=O) groups is 1. The lowest BCUT2D eigenvalue weighted by Crippen LogP contribution is -2.23. The van der Waals surface area contributed by atoms with Gasteiger partial charge in [0, 0.05) is 6.42 Å². The van der Waals surface area contributed by atoms with Crippen LogP contribution in [0.1, 0.15) is 17.5 Å². The van der Waals surface area contributed by atoms with E-state index < -0.39 is 11.7 Å². The first kappa shape index (κ1) is 21.2. The summed E-state index contributed by atoms with van der Waals surface area (Å²) in [6.07, 6.45) is -3.49. The van der Waals surface area contributed by atoms with Crippen LogP contribution in [0.5, 0.6) is 11.5 Å². The van der Waals surface area contributed by atoms with Crippen molar-refractivity contribution in [3.05, 3.63) is 59.7 Å². The first-order valence-electron chi connectivity index (χ1n) is 8.54. The number of hydrogen-bond acceptors (Lipinski definition) is 3. The molecule has 0 saturated carbocycles. The minimum atomic E-state index is -4.42. The molecule has 0 aliphatic heterocycles. The van der Waals surface area contributed by atoms with Gasteiger partial charge in [-0.2, -0.15) is 13.2 Å². The number of amides is 1. The maximum atomic E-state index is 12.6. The van der Waals surface area contributed by atoms with Crippen molar-refractivity contribution in [2.45, 2.75) is 19.0 Å². The number of carbonyl (C=O) groups excluding carboxylic acids is 1. The number of aryl methyl sites for hydroxylation is 1. The van der Waals surface area contributed by atoms with Crippen LogP contribution in [-0.4, -0.2) is 26.2 Å². The second-order valence-corrected chi connectivity index (χ2v) is 5.79. The van der Waals surface area contributed by atoms with E-state index in [1.165, 1.54) is 12.1 Å². The first-order chi connectivity index (χ1) is 13.4. The average Bonchev–Trinajstić information content (AvgIpc) is 2.69. The summed E-state index contributed by atoms with van der Waals surface area (Å²) in [4.78, 5) is 11.8. The third-order valence-corrected chi connectivity index (χ3v) is 3.77. The molecule has 0 fully saturated rings. The number of methoxy groups -OCH3 is 1. The van der Waals surface area contributed by atoms with Crippen LogP contribution in [0.15, 0.2) is 48.5 Å². The van der Waals surface area contributed by atoms with Gasteiger partial charge in [-0.3, -0.25) is 4.79 Å². The van der Waals surface area contributed by atoms with Crippen molar-refractivity contribution in [2.24, 2.45) is 0 Å². The molecule has 1 amide bonds. The molecule has 0 aliphatic carbocycles. The largest absolute Gasteiger partial charge is 0.497 e. The Morgan fingerprint density at radius 2 is 1.82 bits per heavy atom. The van der Waals surface area contributed by atoms with E-state index in [9.17, 15) is 18.0 Å². The minimum absolute atomic E-state index is 0.0664. The molecule has 1 N–H and O–H groups in total. The monoisotopic (exact) mass is 391 g/mol. The van der Waals surface area contributed by atoms with E-state index >= 15 is 0 Å². The summed E-state index contributed by atoms with van der Waals surface area (Å²) in [5.74, 6) is 6.07. The maximum Gasteiger partial charge on any atom is 0.416 e. The third kappa shape index (κ3) is 7.23. The number of alkyl halides is 3. The number of rotatable bonds is 7. The van der Waals surface area contributed by atoms with E-state index in [4.69, 9.17) is 9.47 Å². The molecular weight excluding hydrogens is 371 g/mol. The van der Waals surface area contributed by atoms with Crippen molar-refractivity contribution in [1.29, 1.82) is 0 Å². The molecule has 2 rings (SSSR count). The Bertz CT molecular complexity index is 836. The second-order valence-electron chi connectivity index (χ2n) is 5.79. The van der Waals surface area contributed by atoms with Crippen LogP contribution in [0.4, 0.5) is 13.2 Å². The van der Waals surface area contributed by atoms with Gasteiger partial charge < -0.3 is 14.8 Å². The Hall–Kier alpha value is -3.14. The molecule has 7 heteroatoms. The average molecular weight is 391 g/mol. The fourth-order valence-corrected chi connectivity index (χ4v) is 2.28. The third-order valence-electron chi connectivity index (χ3n) is 3.77. The Balaban J connectivity index is 1.67. The first-order valence-corrected chi connectivity index (χ1v) is 8.54. The number of halogens is 3. The SMILES string of the molecule is COc1ccc(CCC(=O)NCC#CCOc2cccc(C(F)(F)F)c2)cc1. The Morgan fingerprint density at radius 1 is 1.07 bits per heavy atom. The van der Waals surface area contributed by atoms with Crippen molar-refractivity contribution < 1.29 is 27.4 Å². The molecule has 4 nitrogen and oxygen atoms in total. The van der Waals surface area contributed by atoms with Gasteiger partial charge in [-0.25, -0.2) is 0 Å².